The second-order valence-corrected chi connectivity index (χ2v) is 7.39. The van der Waals surface area contributed by atoms with Gasteiger partial charge in [-0.1, -0.05) is 6.07 Å². The van der Waals surface area contributed by atoms with Crippen LogP contribution in [0.15, 0.2) is 18.2 Å². The molecule has 0 amide bonds. The minimum Gasteiger partial charge on any atom is -0.213 e. The van der Waals surface area contributed by atoms with E-state index in [9.17, 15) is 17.2 Å². The first kappa shape index (κ1) is 15.4. The van der Waals surface area contributed by atoms with Crippen LogP contribution in [0.4, 0.5) is 8.78 Å². The maximum Gasteiger partial charge on any atom is 0.211 e. The number of benzene rings is 1. The van der Waals surface area contributed by atoms with E-state index in [0.717, 1.165) is 18.9 Å². The fourth-order valence-corrected chi connectivity index (χ4v) is 3.59. The van der Waals surface area contributed by atoms with E-state index in [1.165, 1.54) is 22.7 Å². The standard InChI is InChI=1S/C14H19F2NO2S/c1-20(18,19)17-8-2-3-11(10-17)4-5-12-6-7-13(15)9-14(12)16/h6-7,9,11H,2-5,8,10H2,1H3/t11-/m0/s1. The van der Waals surface area contributed by atoms with Crippen molar-refractivity contribution < 1.29 is 17.2 Å². The summed E-state index contributed by atoms with van der Waals surface area (Å²) in [7, 11) is -3.15. The number of sulfonamides is 1. The second-order valence-electron chi connectivity index (χ2n) is 5.40. The lowest BCUT2D eigenvalue weighted by atomic mass is 9.92. The summed E-state index contributed by atoms with van der Waals surface area (Å²) in [5, 5.41) is 0. The average molecular weight is 303 g/mol. The molecular formula is C14H19F2NO2S. The highest BCUT2D eigenvalue weighted by atomic mass is 32.2. The van der Waals surface area contributed by atoms with Crippen LogP contribution in [-0.4, -0.2) is 32.1 Å². The molecule has 20 heavy (non-hydrogen) atoms. The van der Waals surface area contributed by atoms with E-state index < -0.39 is 21.7 Å². The number of nitrogens with zero attached hydrogens (tertiary/aromatic N) is 1. The molecule has 0 aliphatic carbocycles. The molecule has 0 aromatic heterocycles. The lowest BCUT2D eigenvalue weighted by Crippen LogP contribution is -2.39. The van der Waals surface area contributed by atoms with Crippen LogP contribution in [0.3, 0.4) is 0 Å². The number of hydrogen-bond acceptors (Lipinski definition) is 2. The van der Waals surface area contributed by atoms with Gasteiger partial charge in [0.05, 0.1) is 6.26 Å². The normalized spacial score (nSPS) is 21.1. The molecule has 0 unspecified atom stereocenters. The predicted molar refractivity (Wildman–Crippen MR) is 73.8 cm³/mol. The minimum atomic E-state index is -3.15. The third-order valence-electron chi connectivity index (χ3n) is 3.79. The quantitative estimate of drug-likeness (QED) is 0.857. The van der Waals surface area contributed by atoms with Crippen molar-refractivity contribution in [3.05, 3.63) is 35.4 Å². The summed E-state index contributed by atoms with van der Waals surface area (Å²) in [6.45, 7) is 1.07. The highest BCUT2D eigenvalue weighted by molar-refractivity contribution is 7.88. The molecule has 3 nitrogen and oxygen atoms in total. The summed E-state index contributed by atoms with van der Waals surface area (Å²) in [5.74, 6) is -0.865. The van der Waals surface area contributed by atoms with Crippen molar-refractivity contribution in [3.8, 4) is 0 Å². The topological polar surface area (TPSA) is 37.4 Å². The lowest BCUT2D eigenvalue weighted by Gasteiger charge is -2.31. The predicted octanol–water partition coefficient (Wildman–Crippen LogP) is 2.57. The molecule has 1 heterocycles. The van der Waals surface area contributed by atoms with Gasteiger partial charge in [-0.3, -0.25) is 0 Å². The van der Waals surface area contributed by atoms with Crippen molar-refractivity contribution in [1.82, 2.24) is 4.31 Å². The zero-order valence-corrected chi connectivity index (χ0v) is 12.3. The van der Waals surface area contributed by atoms with Crippen LogP contribution in [0.5, 0.6) is 0 Å². The fraction of sp³-hybridized carbons (Fsp3) is 0.571. The molecule has 2 rings (SSSR count). The Balaban J connectivity index is 1.94. The molecule has 6 heteroatoms. The van der Waals surface area contributed by atoms with Crippen molar-refractivity contribution in [2.45, 2.75) is 25.7 Å². The van der Waals surface area contributed by atoms with Crippen molar-refractivity contribution in [1.29, 1.82) is 0 Å². The third-order valence-corrected chi connectivity index (χ3v) is 5.06. The average Bonchev–Trinajstić information content (AvgIpc) is 2.37. The highest BCUT2D eigenvalue weighted by Gasteiger charge is 2.25. The van der Waals surface area contributed by atoms with E-state index in [-0.39, 0.29) is 5.92 Å². The monoisotopic (exact) mass is 303 g/mol. The van der Waals surface area contributed by atoms with Gasteiger partial charge in [0, 0.05) is 19.2 Å². The molecule has 1 aliphatic heterocycles. The Morgan fingerprint density at radius 3 is 2.75 bits per heavy atom. The summed E-state index contributed by atoms with van der Waals surface area (Å²) in [4.78, 5) is 0. The number of hydrogen-bond donors (Lipinski definition) is 0. The SMILES string of the molecule is CS(=O)(=O)N1CCC[C@@H](CCc2ccc(F)cc2F)C1. The largest absolute Gasteiger partial charge is 0.213 e. The zero-order valence-electron chi connectivity index (χ0n) is 11.5. The van der Waals surface area contributed by atoms with E-state index in [2.05, 4.69) is 0 Å². The molecule has 0 radical (unpaired) electrons. The first-order chi connectivity index (χ1) is 9.36. The Bertz CT molecular complexity index is 575. The summed E-state index contributed by atoms with van der Waals surface area (Å²) < 4.78 is 50.9. The molecule has 0 N–H and O–H groups in total. The van der Waals surface area contributed by atoms with E-state index in [1.807, 2.05) is 0 Å². The molecule has 0 spiro atoms. The Kier molecular flexibility index (Phi) is 4.75. The van der Waals surface area contributed by atoms with E-state index in [0.29, 0.717) is 31.5 Å². The Morgan fingerprint density at radius 1 is 1.35 bits per heavy atom. The van der Waals surface area contributed by atoms with E-state index >= 15 is 0 Å². The summed E-state index contributed by atoms with van der Waals surface area (Å²) in [6.07, 6.45) is 4.23. The molecule has 1 fully saturated rings. The van der Waals surface area contributed by atoms with Crippen LogP contribution in [0, 0.1) is 17.6 Å². The van der Waals surface area contributed by atoms with Crippen LogP contribution in [0.2, 0.25) is 0 Å². The molecule has 1 aromatic carbocycles. The Hall–Kier alpha value is -1.01. The molecule has 0 bridgehead atoms. The molecule has 1 atom stereocenters. The van der Waals surface area contributed by atoms with Gasteiger partial charge in [0.1, 0.15) is 11.6 Å². The number of rotatable bonds is 4. The first-order valence-electron chi connectivity index (χ1n) is 6.75. The molecule has 1 aromatic rings. The van der Waals surface area contributed by atoms with E-state index in [1.54, 1.807) is 0 Å². The second kappa shape index (κ2) is 6.18. The summed E-state index contributed by atoms with van der Waals surface area (Å²) in [6, 6.07) is 3.60. The first-order valence-corrected chi connectivity index (χ1v) is 8.60. The van der Waals surface area contributed by atoms with Gasteiger partial charge >= 0.3 is 0 Å². The van der Waals surface area contributed by atoms with Crippen molar-refractivity contribution in [3.63, 3.8) is 0 Å². The zero-order chi connectivity index (χ0) is 14.8. The summed E-state index contributed by atoms with van der Waals surface area (Å²) in [5.41, 5.74) is 0.489. The van der Waals surface area contributed by atoms with Gasteiger partial charge in [-0.05, 0) is 43.2 Å². The minimum absolute atomic E-state index is 0.239. The van der Waals surface area contributed by atoms with Crippen LogP contribution >= 0.6 is 0 Å². The molecule has 0 saturated carbocycles. The van der Waals surface area contributed by atoms with Crippen LogP contribution in [0.1, 0.15) is 24.8 Å². The van der Waals surface area contributed by atoms with Gasteiger partial charge in [-0.15, -0.1) is 0 Å². The maximum absolute atomic E-state index is 13.5. The summed E-state index contributed by atoms with van der Waals surface area (Å²) >= 11 is 0. The van der Waals surface area contributed by atoms with Crippen molar-refractivity contribution in [2.75, 3.05) is 19.3 Å². The van der Waals surface area contributed by atoms with Gasteiger partial charge in [-0.25, -0.2) is 21.5 Å². The molecule has 1 saturated heterocycles. The Labute approximate surface area is 118 Å². The molecule has 1 aliphatic rings. The van der Waals surface area contributed by atoms with E-state index in [4.69, 9.17) is 0 Å². The number of halogens is 2. The van der Waals surface area contributed by atoms with Gasteiger partial charge in [0.15, 0.2) is 0 Å². The molecular weight excluding hydrogens is 284 g/mol. The van der Waals surface area contributed by atoms with Gasteiger partial charge < -0.3 is 0 Å². The third kappa shape index (κ3) is 3.99. The lowest BCUT2D eigenvalue weighted by molar-refractivity contribution is 0.257. The van der Waals surface area contributed by atoms with Gasteiger partial charge in [-0.2, -0.15) is 0 Å². The number of piperidine rings is 1. The van der Waals surface area contributed by atoms with Crippen molar-refractivity contribution >= 4 is 10.0 Å². The Morgan fingerprint density at radius 2 is 2.10 bits per heavy atom. The van der Waals surface area contributed by atoms with Crippen molar-refractivity contribution in [2.24, 2.45) is 5.92 Å². The number of aryl methyl sites for hydroxylation is 1. The van der Waals surface area contributed by atoms with Crippen LogP contribution in [0.25, 0.3) is 0 Å². The molecule has 112 valence electrons. The van der Waals surface area contributed by atoms with Crippen LogP contribution < -0.4 is 0 Å². The smallest absolute Gasteiger partial charge is 0.211 e. The highest BCUT2D eigenvalue weighted by Crippen LogP contribution is 2.23. The van der Waals surface area contributed by atoms with Crippen LogP contribution in [-0.2, 0) is 16.4 Å². The van der Waals surface area contributed by atoms with Gasteiger partial charge in [0.2, 0.25) is 10.0 Å². The fourth-order valence-electron chi connectivity index (χ4n) is 2.65. The maximum atomic E-state index is 13.5. The van der Waals surface area contributed by atoms with Gasteiger partial charge in [0.25, 0.3) is 0 Å².